The fourth-order valence-corrected chi connectivity index (χ4v) is 3.82. The lowest BCUT2D eigenvalue weighted by molar-refractivity contribution is -0.137. The lowest BCUT2D eigenvalue weighted by Crippen LogP contribution is -2.49. The van der Waals surface area contributed by atoms with Crippen LogP contribution in [0.1, 0.15) is 5.56 Å². The van der Waals surface area contributed by atoms with Crippen molar-refractivity contribution in [3.63, 3.8) is 0 Å². The number of hydrogen-bond acceptors (Lipinski definition) is 5. The molecule has 0 radical (unpaired) electrons. The summed E-state index contributed by atoms with van der Waals surface area (Å²) in [4.78, 5) is 18.2. The molecular formula is C23H24F3N3O3. The number of aliphatic hydroxyl groups excluding tert-OH is 1. The van der Waals surface area contributed by atoms with E-state index < -0.39 is 17.8 Å². The number of fused-ring (bicyclic) bond motifs is 1. The second-order valence-corrected chi connectivity index (χ2v) is 7.87. The minimum absolute atomic E-state index is 0.133. The highest BCUT2D eigenvalue weighted by Gasteiger charge is 2.30. The van der Waals surface area contributed by atoms with Gasteiger partial charge in [-0.15, -0.1) is 0 Å². The number of pyridine rings is 1. The van der Waals surface area contributed by atoms with Crippen molar-refractivity contribution in [3.05, 3.63) is 70.5 Å². The van der Waals surface area contributed by atoms with Crippen molar-refractivity contribution in [3.8, 4) is 5.75 Å². The van der Waals surface area contributed by atoms with Gasteiger partial charge in [0.25, 0.3) is 0 Å². The largest absolute Gasteiger partial charge is 0.491 e. The van der Waals surface area contributed by atoms with Crippen LogP contribution in [0.5, 0.6) is 5.75 Å². The summed E-state index contributed by atoms with van der Waals surface area (Å²) in [5, 5.41) is 11.2. The Hall–Kier alpha value is -3.04. The van der Waals surface area contributed by atoms with Gasteiger partial charge in [-0.1, -0.05) is 0 Å². The zero-order chi connectivity index (χ0) is 22.7. The van der Waals surface area contributed by atoms with Crippen LogP contribution in [-0.4, -0.2) is 60.4 Å². The number of H-pyrrole nitrogens is 1. The van der Waals surface area contributed by atoms with Crippen LogP contribution in [0.25, 0.3) is 10.9 Å². The molecule has 2 aromatic carbocycles. The standard InChI is InChI=1S/C23H24F3N3O3/c24-23(25,26)17-2-4-18(5-3-17)29-11-9-28(10-12-29)14-19(30)15-32-20-6-7-21-16(13-20)1-8-22(31)27-21/h1-8,13,19,30H,9-12,14-15H2,(H,27,31)/t19-/m0/s1. The molecule has 2 N–H and O–H groups in total. The highest BCUT2D eigenvalue weighted by molar-refractivity contribution is 5.79. The molecule has 0 unspecified atom stereocenters. The minimum Gasteiger partial charge on any atom is -0.491 e. The number of alkyl halides is 3. The smallest absolute Gasteiger partial charge is 0.416 e. The Bertz CT molecular complexity index is 1110. The maximum atomic E-state index is 12.7. The number of nitrogens with one attached hydrogen (secondary N) is 1. The van der Waals surface area contributed by atoms with E-state index in [9.17, 15) is 23.1 Å². The molecule has 1 aromatic heterocycles. The number of piperazine rings is 1. The predicted octanol–water partition coefficient (Wildman–Crippen LogP) is 3.11. The lowest BCUT2D eigenvalue weighted by atomic mass is 10.1. The molecule has 1 aliphatic rings. The Balaban J connectivity index is 1.24. The molecule has 6 nitrogen and oxygen atoms in total. The summed E-state index contributed by atoms with van der Waals surface area (Å²) in [5.74, 6) is 0.607. The summed E-state index contributed by atoms with van der Waals surface area (Å²) in [6.07, 6.45) is -5.01. The van der Waals surface area contributed by atoms with Gasteiger partial charge >= 0.3 is 6.18 Å². The quantitative estimate of drug-likeness (QED) is 0.608. The molecule has 1 fully saturated rings. The lowest BCUT2D eigenvalue weighted by Gasteiger charge is -2.37. The highest BCUT2D eigenvalue weighted by Crippen LogP contribution is 2.30. The van der Waals surface area contributed by atoms with Crippen molar-refractivity contribution in [1.82, 2.24) is 9.88 Å². The van der Waals surface area contributed by atoms with Gasteiger partial charge in [0.2, 0.25) is 5.56 Å². The maximum Gasteiger partial charge on any atom is 0.416 e. The first-order valence-corrected chi connectivity index (χ1v) is 10.4. The van der Waals surface area contributed by atoms with Crippen molar-refractivity contribution >= 4 is 16.6 Å². The van der Waals surface area contributed by atoms with Gasteiger partial charge in [-0.3, -0.25) is 9.69 Å². The summed E-state index contributed by atoms with van der Waals surface area (Å²) in [6, 6.07) is 13.7. The fourth-order valence-electron chi connectivity index (χ4n) is 3.82. The van der Waals surface area contributed by atoms with E-state index in [1.165, 1.54) is 18.2 Å². The van der Waals surface area contributed by atoms with Crippen LogP contribution in [0, 0.1) is 0 Å². The van der Waals surface area contributed by atoms with Crippen LogP contribution >= 0.6 is 0 Å². The number of ether oxygens (including phenoxy) is 1. The Morgan fingerprint density at radius 1 is 1.00 bits per heavy atom. The van der Waals surface area contributed by atoms with Crippen molar-refractivity contribution in [2.75, 3.05) is 44.2 Å². The van der Waals surface area contributed by atoms with Gasteiger partial charge in [0.1, 0.15) is 18.5 Å². The molecular weight excluding hydrogens is 423 g/mol. The van der Waals surface area contributed by atoms with Crippen molar-refractivity contribution in [2.45, 2.75) is 12.3 Å². The van der Waals surface area contributed by atoms with Crippen LogP contribution in [0.3, 0.4) is 0 Å². The topological polar surface area (TPSA) is 68.8 Å². The number of halogens is 3. The molecule has 1 saturated heterocycles. The molecule has 0 amide bonds. The Kier molecular flexibility index (Phi) is 6.38. The van der Waals surface area contributed by atoms with Crippen molar-refractivity contribution in [1.29, 1.82) is 0 Å². The van der Waals surface area contributed by atoms with Crippen LogP contribution in [0.15, 0.2) is 59.4 Å². The molecule has 4 rings (SSSR count). The van der Waals surface area contributed by atoms with Crippen LogP contribution in [0.2, 0.25) is 0 Å². The average Bonchev–Trinajstić information content (AvgIpc) is 2.78. The molecule has 0 spiro atoms. The third-order valence-corrected chi connectivity index (χ3v) is 5.54. The summed E-state index contributed by atoms with van der Waals surface area (Å²) < 4.78 is 43.9. The van der Waals surface area contributed by atoms with Gasteiger partial charge < -0.3 is 19.7 Å². The average molecular weight is 447 g/mol. The van der Waals surface area contributed by atoms with E-state index in [1.807, 2.05) is 4.90 Å². The molecule has 3 aromatic rings. The zero-order valence-corrected chi connectivity index (χ0v) is 17.3. The first-order chi connectivity index (χ1) is 15.3. The number of aromatic amines is 1. The molecule has 0 aliphatic carbocycles. The van der Waals surface area contributed by atoms with Gasteiger partial charge in [-0.05, 0) is 48.5 Å². The molecule has 32 heavy (non-hydrogen) atoms. The number of aromatic nitrogens is 1. The SMILES string of the molecule is O=c1ccc2cc(OC[C@@H](O)CN3CCN(c4ccc(C(F)(F)F)cc4)CC3)ccc2[nH]1. The van der Waals surface area contributed by atoms with Crippen LogP contribution in [-0.2, 0) is 6.18 Å². The monoisotopic (exact) mass is 447 g/mol. The van der Waals surface area contributed by atoms with Gasteiger partial charge in [-0.25, -0.2) is 0 Å². The van der Waals surface area contributed by atoms with Gasteiger partial charge in [0.05, 0.1) is 5.56 Å². The third-order valence-electron chi connectivity index (χ3n) is 5.54. The Labute approximate surface area is 182 Å². The number of benzene rings is 2. The molecule has 170 valence electrons. The maximum absolute atomic E-state index is 12.7. The molecule has 9 heteroatoms. The zero-order valence-electron chi connectivity index (χ0n) is 17.3. The van der Waals surface area contributed by atoms with Crippen molar-refractivity contribution in [2.24, 2.45) is 0 Å². The molecule has 0 saturated carbocycles. The first kappa shape index (κ1) is 22.2. The Morgan fingerprint density at radius 2 is 1.72 bits per heavy atom. The summed E-state index contributed by atoms with van der Waals surface area (Å²) >= 11 is 0. The van der Waals surface area contributed by atoms with E-state index in [4.69, 9.17) is 4.74 Å². The number of nitrogens with zero attached hydrogens (tertiary/aromatic N) is 2. The van der Waals surface area contributed by atoms with E-state index in [0.29, 0.717) is 38.5 Å². The summed E-state index contributed by atoms with van der Waals surface area (Å²) in [5.41, 5.74) is 0.665. The van der Waals surface area contributed by atoms with Crippen LogP contribution < -0.4 is 15.2 Å². The molecule has 1 aliphatic heterocycles. The van der Waals surface area contributed by atoms with E-state index in [2.05, 4.69) is 9.88 Å². The highest BCUT2D eigenvalue weighted by atomic mass is 19.4. The molecule has 2 heterocycles. The summed E-state index contributed by atoms with van der Waals surface area (Å²) in [7, 11) is 0. The van der Waals surface area contributed by atoms with Gasteiger partial charge in [0, 0.05) is 55.4 Å². The van der Waals surface area contributed by atoms with Gasteiger partial charge in [-0.2, -0.15) is 13.2 Å². The second kappa shape index (κ2) is 9.22. The number of rotatable bonds is 6. The number of aliphatic hydroxyl groups is 1. The van der Waals surface area contributed by atoms with Crippen molar-refractivity contribution < 1.29 is 23.0 Å². The normalized spacial score (nSPS) is 16.3. The number of hydrogen-bond donors (Lipinski definition) is 2. The van der Waals surface area contributed by atoms with E-state index in [-0.39, 0.29) is 12.2 Å². The second-order valence-electron chi connectivity index (χ2n) is 7.87. The fraction of sp³-hybridized carbons (Fsp3) is 0.348. The number of anilines is 1. The summed E-state index contributed by atoms with van der Waals surface area (Å²) in [6.45, 7) is 3.31. The van der Waals surface area contributed by atoms with Gasteiger partial charge in [0.15, 0.2) is 0 Å². The van der Waals surface area contributed by atoms with E-state index in [0.717, 1.165) is 28.7 Å². The predicted molar refractivity (Wildman–Crippen MR) is 116 cm³/mol. The van der Waals surface area contributed by atoms with Crippen LogP contribution in [0.4, 0.5) is 18.9 Å². The molecule has 1 atom stereocenters. The number of β-amino-alcohol motifs (C(OH)–C–C–N with tert-alkyl or cyclic N) is 1. The minimum atomic E-state index is -4.33. The first-order valence-electron chi connectivity index (χ1n) is 10.4. The Morgan fingerprint density at radius 3 is 2.41 bits per heavy atom. The van der Waals surface area contributed by atoms with E-state index in [1.54, 1.807) is 24.3 Å². The molecule has 0 bridgehead atoms. The third kappa shape index (κ3) is 5.41. The van der Waals surface area contributed by atoms with E-state index >= 15 is 0 Å².